The molecule has 1 N–H and O–H groups in total. The average Bonchev–Trinajstić information content (AvgIpc) is 2.77. The molecule has 3 rings (SSSR count). The number of nitrogens with one attached hydrogen (secondary N) is 1. The highest BCUT2D eigenvalue weighted by molar-refractivity contribution is 9.10. The molecule has 2 atom stereocenters. The first-order chi connectivity index (χ1) is 7.81. The zero-order valence-corrected chi connectivity index (χ0v) is 10.8. The van der Waals surface area contributed by atoms with Crippen LogP contribution in [0, 0.1) is 11.8 Å². The van der Waals surface area contributed by atoms with E-state index in [1.807, 2.05) is 12.4 Å². The van der Waals surface area contributed by atoms with Crippen molar-refractivity contribution in [3.05, 3.63) is 28.5 Å². The summed E-state index contributed by atoms with van der Waals surface area (Å²) in [5.41, 5.74) is 1.31. The highest BCUT2D eigenvalue weighted by Crippen LogP contribution is 2.27. The van der Waals surface area contributed by atoms with Crippen molar-refractivity contribution in [3.63, 3.8) is 0 Å². The molecule has 2 aliphatic heterocycles. The highest BCUT2D eigenvalue weighted by atomic mass is 79.9. The van der Waals surface area contributed by atoms with Crippen LogP contribution in [0.2, 0.25) is 0 Å². The molecule has 3 nitrogen and oxygen atoms in total. The van der Waals surface area contributed by atoms with E-state index in [1.54, 1.807) is 0 Å². The molecule has 0 aliphatic carbocycles. The summed E-state index contributed by atoms with van der Waals surface area (Å²) >= 11 is 3.47. The molecular weight excluding hydrogens is 266 g/mol. The molecule has 0 aromatic carbocycles. The van der Waals surface area contributed by atoms with Crippen molar-refractivity contribution in [1.29, 1.82) is 0 Å². The minimum atomic E-state index is 0.875. The van der Waals surface area contributed by atoms with Gasteiger partial charge in [-0.1, -0.05) is 0 Å². The Morgan fingerprint density at radius 2 is 2.06 bits per heavy atom. The zero-order valence-electron chi connectivity index (χ0n) is 9.19. The van der Waals surface area contributed by atoms with Crippen molar-refractivity contribution < 1.29 is 0 Å². The fraction of sp³-hybridized carbons (Fsp3) is 0.583. The molecule has 2 fully saturated rings. The third-order valence-electron chi connectivity index (χ3n) is 3.63. The first-order valence-corrected chi connectivity index (χ1v) is 6.63. The quantitative estimate of drug-likeness (QED) is 0.891. The summed E-state index contributed by atoms with van der Waals surface area (Å²) in [7, 11) is 0. The number of halogens is 1. The van der Waals surface area contributed by atoms with Gasteiger partial charge in [-0.15, -0.1) is 0 Å². The van der Waals surface area contributed by atoms with Crippen LogP contribution in [0.4, 0.5) is 0 Å². The Bertz CT molecular complexity index is 370. The van der Waals surface area contributed by atoms with Crippen LogP contribution >= 0.6 is 15.9 Å². The van der Waals surface area contributed by atoms with E-state index < -0.39 is 0 Å². The number of hydrogen-bond acceptors (Lipinski definition) is 3. The molecule has 0 radical (unpaired) electrons. The van der Waals surface area contributed by atoms with Crippen molar-refractivity contribution >= 4 is 15.9 Å². The van der Waals surface area contributed by atoms with Gasteiger partial charge in [0.25, 0.3) is 0 Å². The summed E-state index contributed by atoms with van der Waals surface area (Å²) in [6.45, 7) is 5.93. The lowest BCUT2D eigenvalue weighted by Crippen LogP contribution is -2.25. The molecule has 86 valence electrons. The average molecular weight is 282 g/mol. The Hall–Kier alpha value is -0.450. The maximum Gasteiger partial charge on any atom is 0.0410 e. The van der Waals surface area contributed by atoms with Crippen molar-refractivity contribution in [3.8, 4) is 0 Å². The molecule has 1 aromatic heterocycles. The number of aromatic nitrogens is 1. The minimum absolute atomic E-state index is 0.875. The smallest absolute Gasteiger partial charge is 0.0410 e. The third-order valence-corrected chi connectivity index (χ3v) is 4.07. The van der Waals surface area contributed by atoms with Crippen LogP contribution in [0.15, 0.2) is 22.9 Å². The molecule has 0 saturated carbocycles. The standard InChI is InChI=1S/C12H16BrN3/c13-12-1-9(2-14-5-12)6-16-7-10-3-15-4-11(10)8-16/h1-2,5,10-11,15H,3-4,6-8H2/t10-,11+. The lowest BCUT2D eigenvalue weighted by atomic mass is 10.0. The van der Waals surface area contributed by atoms with E-state index in [2.05, 4.69) is 37.2 Å². The van der Waals surface area contributed by atoms with Gasteiger partial charge < -0.3 is 5.32 Å². The van der Waals surface area contributed by atoms with Crippen LogP contribution in [0.3, 0.4) is 0 Å². The predicted octanol–water partition coefficient (Wildman–Crippen LogP) is 1.50. The molecule has 0 bridgehead atoms. The monoisotopic (exact) mass is 281 g/mol. The van der Waals surface area contributed by atoms with Crippen LogP contribution in [0.5, 0.6) is 0 Å². The summed E-state index contributed by atoms with van der Waals surface area (Å²) in [4.78, 5) is 6.77. The number of nitrogens with zero attached hydrogens (tertiary/aromatic N) is 2. The highest BCUT2D eigenvalue weighted by Gasteiger charge is 2.35. The number of likely N-dealkylation sites (tertiary alicyclic amines) is 1. The van der Waals surface area contributed by atoms with E-state index in [-0.39, 0.29) is 0 Å². The second kappa shape index (κ2) is 4.43. The summed E-state index contributed by atoms with van der Waals surface area (Å²) in [6, 6.07) is 2.17. The topological polar surface area (TPSA) is 28.2 Å². The minimum Gasteiger partial charge on any atom is -0.316 e. The number of fused-ring (bicyclic) bond motifs is 1. The number of hydrogen-bond donors (Lipinski definition) is 1. The third kappa shape index (κ3) is 2.14. The fourth-order valence-electron chi connectivity index (χ4n) is 2.88. The Labute approximate surface area is 104 Å². The molecule has 16 heavy (non-hydrogen) atoms. The molecule has 0 amide bonds. The zero-order chi connectivity index (χ0) is 11.0. The lowest BCUT2D eigenvalue weighted by Gasteiger charge is -2.16. The molecule has 1 aromatic rings. The van der Waals surface area contributed by atoms with Crippen molar-refractivity contribution in [2.24, 2.45) is 11.8 Å². The Morgan fingerprint density at radius 1 is 1.31 bits per heavy atom. The van der Waals surface area contributed by atoms with Crippen molar-refractivity contribution in [2.75, 3.05) is 26.2 Å². The summed E-state index contributed by atoms with van der Waals surface area (Å²) in [5, 5.41) is 3.47. The van der Waals surface area contributed by atoms with E-state index in [9.17, 15) is 0 Å². The Kier molecular flexibility index (Phi) is 2.96. The van der Waals surface area contributed by atoms with Gasteiger partial charge >= 0.3 is 0 Å². The first-order valence-electron chi connectivity index (χ1n) is 5.84. The SMILES string of the molecule is Brc1cncc(CN2C[C@H]3CNC[C@H]3C2)c1. The molecule has 2 saturated heterocycles. The van der Waals surface area contributed by atoms with Crippen LogP contribution in [-0.2, 0) is 6.54 Å². The summed E-state index contributed by atoms with van der Waals surface area (Å²) in [5.74, 6) is 1.75. The van der Waals surface area contributed by atoms with Crippen molar-refractivity contribution in [1.82, 2.24) is 15.2 Å². The van der Waals surface area contributed by atoms with E-state index >= 15 is 0 Å². The van der Waals surface area contributed by atoms with Crippen LogP contribution < -0.4 is 5.32 Å². The fourth-order valence-corrected chi connectivity index (χ4v) is 3.29. The second-order valence-electron chi connectivity index (χ2n) is 4.88. The Balaban J connectivity index is 1.64. The predicted molar refractivity (Wildman–Crippen MR) is 67.1 cm³/mol. The van der Waals surface area contributed by atoms with Gasteiger partial charge in [0.05, 0.1) is 0 Å². The van der Waals surface area contributed by atoms with Gasteiger partial charge in [-0.05, 0) is 52.5 Å². The van der Waals surface area contributed by atoms with E-state index in [1.165, 1.54) is 31.7 Å². The molecule has 0 spiro atoms. The van der Waals surface area contributed by atoms with Gasteiger partial charge in [-0.2, -0.15) is 0 Å². The van der Waals surface area contributed by atoms with Crippen LogP contribution in [0.25, 0.3) is 0 Å². The largest absolute Gasteiger partial charge is 0.316 e. The first kappa shape index (κ1) is 10.7. The van der Waals surface area contributed by atoms with Gasteiger partial charge in [0, 0.05) is 36.5 Å². The molecule has 4 heteroatoms. The van der Waals surface area contributed by atoms with Gasteiger partial charge in [0.2, 0.25) is 0 Å². The summed E-state index contributed by atoms with van der Waals surface area (Å²) in [6.07, 6.45) is 3.81. The molecule has 3 heterocycles. The van der Waals surface area contributed by atoms with Gasteiger partial charge in [-0.3, -0.25) is 9.88 Å². The molecule has 2 aliphatic rings. The van der Waals surface area contributed by atoms with Crippen LogP contribution in [0.1, 0.15) is 5.56 Å². The van der Waals surface area contributed by atoms with E-state index in [0.717, 1.165) is 22.9 Å². The summed E-state index contributed by atoms with van der Waals surface area (Å²) < 4.78 is 1.08. The molecule has 0 unspecified atom stereocenters. The van der Waals surface area contributed by atoms with Crippen LogP contribution in [-0.4, -0.2) is 36.1 Å². The number of pyridine rings is 1. The normalized spacial score (nSPS) is 29.6. The maximum absolute atomic E-state index is 4.21. The van der Waals surface area contributed by atoms with E-state index in [0.29, 0.717) is 0 Å². The second-order valence-corrected chi connectivity index (χ2v) is 5.80. The molecular formula is C12H16BrN3. The number of rotatable bonds is 2. The van der Waals surface area contributed by atoms with Gasteiger partial charge in [0.1, 0.15) is 0 Å². The maximum atomic E-state index is 4.21. The van der Waals surface area contributed by atoms with Gasteiger partial charge in [-0.25, -0.2) is 0 Å². The lowest BCUT2D eigenvalue weighted by molar-refractivity contribution is 0.305. The van der Waals surface area contributed by atoms with Crippen molar-refractivity contribution in [2.45, 2.75) is 6.54 Å². The Morgan fingerprint density at radius 3 is 2.75 bits per heavy atom. The van der Waals surface area contributed by atoms with E-state index in [4.69, 9.17) is 0 Å². The van der Waals surface area contributed by atoms with Gasteiger partial charge in [0.15, 0.2) is 0 Å².